The number of ether oxygens (including phenoxy) is 1. The monoisotopic (exact) mass is 175 g/mol. The Balaban J connectivity index is 2.59. The summed E-state index contributed by atoms with van der Waals surface area (Å²) in [5, 5.41) is 3.02. The maximum Gasteiger partial charge on any atom is 0.119 e. The Labute approximate surface area is 69.7 Å². The summed E-state index contributed by atoms with van der Waals surface area (Å²) in [5.41, 5.74) is 1.03. The normalized spacial score (nSPS) is 10.2. The van der Waals surface area contributed by atoms with Gasteiger partial charge in [-0.1, -0.05) is 0 Å². The number of methoxy groups -OCH3 is 1. The van der Waals surface area contributed by atoms with Crippen molar-refractivity contribution in [1.82, 2.24) is 4.98 Å². The van der Waals surface area contributed by atoms with Crippen LogP contribution in [0.3, 0.4) is 0 Å². The molecule has 1 aromatic heterocycles. The van der Waals surface area contributed by atoms with E-state index in [1.807, 2.05) is 5.38 Å². The molecule has 2 nitrogen and oxygen atoms in total. The van der Waals surface area contributed by atoms with Gasteiger partial charge in [0.15, 0.2) is 0 Å². The first-order valence-corrected chi connectivity index (χ1v) is 4.41. The van der Waals surface area contributed by atoms with E-state index >= 15 is 0 Å². The molecule has 1 rings (SSSR count). The molecule has 0 radical (unpaired) electrons. The molecule has 10 heavy (non-hydrogen) atoms. The van der Waals surface area contributed by atoms with Gasteiger partial charge in [-0.2, -0.15) is 12.6 Å². The molecule has 0 aliphatic carbocycles. The fourth-order valence-corrected chi connectivity index (χ4v) is 1.66. The first kappa shape index (κ1) is 8.04. The van der Waals surface area contributed by atoms with Crippen LogP contribution in [0.15, 0.2) is 5.38 Å². The van der Waals surface area contributed by atoms with E-state index in [0.29, 0.717) is 12.4 Å². The molecule has 0 fully saturated rings. The minimum absolute atomic E-state index is 0.610. The van der Waals surface area contributed by atoms with Crippen molar-refractivity contribution >= 4 is 24.0 Å². The van der Waals surface area contributed by atoms with E-state index in [1.165, 1.54) is 0 Å². The Bertz CT molecular complexity index is 199. The van der Waals surface area contributed by atoms with E-state index in [4.69, 9.17) is 4.74 Å². The molecule has 0 aliphatic heterocycles. The lowest BCUT2D eigenvalue weighted by atomic mass is 10.6. The van der Waals surface area contributed by atoms with E-state index in [2.05, 4.69) is 17.6 Å². The molecule has 0 aliphatic rings. The minimum atomic E-state index is 0.610. The Morgan fingerprint density at radius 2 is 2.60 bits per heavy atom. The zero-order valence-electron chi connectivity index (χ0n) is 5.70. The molecule has 56 valence electrons. The third-order valence-corrected chi connectivity index (χ3v) is 2.22. The number of thiazole rings is 1. The molecular weight excluding hydrogens is 166 g/mol. The predicted molar refractivity (Wildman–Crippen MR) is 45.5 cm³/mol. The van der Waals surface area contributed by atoms with Crippen LogP contribution >= 0.6 is 24.0 Å². The number of hydrogen-bond donors (Lipinski definition) is 1. The molecule has 1 heterocycles. The highest BCUT2D eigenvalue weighted by atomic mass is 32.1. The van der Waals surface area contributed by atoms with E-state index in [-0.39, 0.29) is 0 Å². The van der Waals surface area contributed by atoms with Crippen molar-refractivity contribution in [3.63, 3.8) is 0 Å². The molecule has 0 atom stereocenters. The molecule has 0 saturated carbocycles. The summed E-state index contributed by atoms with van der Waals surface area (Å²) in [4.78, 5) is 4.24. The van der Waals surface area contributed by atoms with Crippen molar-refractivity contribution in [1.29, 1.82) is 0 Å². The average molecular weight is 175 g/mol. The van der Waals surface area contributed by atoms with Crippen LogP contribution in [0.5, 0.6) is 0 Å². The van der Waals surface area contributed by atoms with Crippen molar-refractivity contribution in [2.45, 2.75) is 12.4 Å². The number of rotatable bonds is 3. The Morgan fingerprint density at radius 3 is 3.10 bits per heavy atom. The van der Waals surface area contributed by atoms with Crippen LogP contribution in [0.2, 0.25) is 0 Å². The van der Waals surface area contributed by atoms with Crippen molar-refractivity contribution in [2.75, 3.05) is 7.11 Å². The van der Waals surface area contributed by atoms with Crippen molar-refractivity contribution in [2.24, 2.45) is 0 Å². The van der Waals surface area contributed by atoms with E-state index in [9.17, 15) is 0 Å². The third kappa shape index (κ3) is 1.97. The second kappa shape index (κ2) is 3.95. The highest BCUT2D eigenvalue weighted by Crippen LogP contribution is 2.11. The highest BCUT2D eigenvalue weighted by Gasteiger charge is 1.97. The van der Waals surface area contributed by atoms with Crippen molar-refractivity contribution in [3.8, 4) is 0 Å². The van der Waals surface area contributed by atoms with Crippen LogP contribution in [0.1, 0.15) is 10.7 Å². The molecule has 0 bridgehead atoms. The van der Waals surface area contributed by atoms with Gasteiger partial charge in [-0.15, -0.1) is 11.3 Å². The van der Waals surface area contributed by atoms with Crippen molar-refractivity contribution in [3.05, 3.63) is 16.1 Å². The van der Waals surface area contributed by atoms with Gasteiger partial charge >= 0.3 is 0 Å². The molecule has 1 aromatic rings. The summed E-state index contributed by atoms with van der Waals surface area (Å²) >= 11 is 5.71. The number of thiol groups is 1. The van der Waals surface area contributed by atoms with Gasteiger partial charge in [-0.25, -0.2) is 4.98 Å². The molecule has 0 aromatic carbocycles. The van der Waals surface area contributed by atoms with Gasteiger partial charge in [0.25, 0.3) is 0 Å². The summed E-state index contributed by atoms with van der Waals surface area (Å²) < 4.78 is 4.91. The summed E-state index contributed by atoms with van der Waals surface area (Å²) in [6, 6.07) is 0. The Morgan fingerprint density at radius 1 is 1.80 bits per heavy atom. The molecule has 0 spiro atoms. The largest absolute Gasteiger partial charge is 0.378 e. The molecule has 0 amide bonds. The quantitative estimate of drug-likeness (QED) is 0.707. The SMILES string of the molecule is COCc1nc(CS)cs1. The molecule has 0 N–H and O–H groups in total. The Kier molecular flexibility index (Phi) is 3.18. The standard InChI is InChI=1S/C6H9NOS2/c1-8-2-6-7-5(3-9)4-10-6/h4,9H,2-3H2,1H3. The van der Waals surface area contributed by atoms with Gasteiger partial charge in [-0.3, -0.25) is 0 Å². The summed E-state index contributed by atoms with van der Waals surface area (Å²) in [6.45, 7) is 0.610. The fraction of sp³-hybridized carbons (Fsp3) is 0.500. The maximum absolute atomic E-state index is 4.91. The topological polar surface area (TPSA) is 22.1 Å². The van der Waals surface area contributed by atoms with Crippen LogP contribution in [-0.2, 0) is 17.1 Å². The first-order valence-electron chi connectivity index (χ1n) is 2.90. The van der Waals surface area contributed by atoms with E-state index < -0.39 is 0 Å². The summed E-state index contributed by atoms with van der Waals surface area (Å²) in [7, 11) is 1.67. The van der Waals surface area contributed by atoms with E-state index in [0.717, 1.165) is 10.7 Å². The molecule has 0 saturated heterocycles. The number of hydrogen-bond acceptors (Lipinski definition) is 4. The number of aromatic nitrogens is 1. The second-order valence-corrected chi connectivity index (χ2v) is 3.08. The molecular formula is C6H9NOS2. The minimum Gasteiger partial charge on any atom is -0.378 e. The van der Waals surface area contributed by atoms with Gasteiger partial charge in [0.2, 0.25) is 0 Å². The van der Waals surface area contributed by atoms with Gasteiger partial charge < -0.3 is 4.74 Å². The van der Waals surface area contributed by atoms with E-state index in [1.54, 1.807) is 18.4 Å². The lowest BCUT2D eigenvalue weighted by Gasteiger charge is -1.89. The average Bonchev–Trinajstić information content (AvgIpc) is 2.37. The van der Waals surface area contributed by atoms with Crippen molar-refractivity contribution < 1.29 is 4.74 Å². The zero-order chi connectivity index (χ0) is 7.40. The summed E-state index contributed by atoms with van der Waals surface area (Å²) in [5.74, 6) is 0.709. The van der Waals surface area contributed by atoms with Gasteiger partial charge in [0.05, 0.1) is 12.3 Å². The Hall–Kier alpha value is -0.0600. The van der Waals surface area contributed by atoms with Crippen LogP contribution < -0.4 is 0 Å². The van der Waals surface area contributed by atoms with Crippen LogP contribution in [0.25, 0.3) is 0 Å². The fourth-order valence-electron chi connectivity index (χ4n) is 0.611. The van der Waals surface area contributed by atoms with Crippen LogP contribution in [0.4, 0.5) is 0 Å². The molecule has 0 unspecified atom stereocenters. The predicted octanol–water partition coefficient (Wildman–Crippen LogP) is 1.72. The second-order valence-electron chi connectivity index (χ2n) is 1.82. The lowest BCUT2D eigenvalue weighted by molar-refractivity contribution is 0.184. The van der Waals surface area contributed by atoms with Crippen LogP contribution in [-0.4, -0.2) is 12.1 Å². The summed E-state index contributed by atoms with van der Waals surface area (Å²) in [6.07, 6.45) is 0. The smallest absolute Gasteiger partial charge is 0.119 e. The zero-order valence-corrected chi connectivity index (χ0v) is 7.41. The number of nitrogens with zero attached hydrogens (tertiary/aromatic N) is 1. The van der Waals surface area contributed by atoms with Crippen LogP contribution in [0, 0.1) is 0 Å². The van der Waals surface area contributed by atoms with Gasteiger partial charge in [0, 0.05) is 18.2 Å². The first-order chi connectivity index (χ1) is 4.86. The third-order valence-electron chi connectivity index (χ3n) is 1.03. The van der Waals surface area contributed by atoms with Gasteiger partial charge in [-0.05, 0) is 0 Å². The highest BCUT2D eigenvalue weighted by molar-refractivity contribution is 7.79. The maximum atomic E-state index is 4.91. The molecule has 4 heteroatoms. The van der Waals surface area contributed by atoms with Gasteiger partial charge in [0.1, 0.15) is 5.01 Å². The lowest BCUT2D eigenvalue weighted by Crippen LogP contribution is -1.86.